The van der Waals surface area contributed by atoms with E-state index in [-0.39, 0.29) is 5.88 Å². The SMILES string of the molecule is COc1ccc(Oc2ncc(C#N)cc2N)cc1. The third-order valence-corrected chi connectivity index (χ3v) is 2.28. The van der Waals surface area contributed by atoms with E-state index in [0.29, 0.717) is 17.0 Å². The Morgan fingerprint density at radius 1 is 1.22 bits per heavy atom. The van der Waals surface area contributed by atoms with E-state index in [1.807, 2.05) is 6.07 Å². The summed E-state index contributed by atoms with van der Waals surface area (Å²) in [6.07, 6.45) is 1.41. The minimum absolute atomic E-state index is 0.277. The lowest BCUT2D eigenvalue weighted by Gasteiger charge is -2.07. The fourth-order valence-corrected chi connectivity index (χ4v) is 1.37. The monoisotopic (exact) mass is 241 g/mol. The number of anilines is 1. The molecule has 0 unspecified atom stereocenters. The first-order chi connectivity index (χ1) is 8.72. The molecule has 0 spiro atoms. The number of benzene rings is 1. The highest BCUT2D eigenvalue weighted by molar-refractivity contribution is 5.53. The van der Waals surface area contributed by atoms with Crippen LogP contribution in [0.4, 0.5) is 5.69 Å². The van der Waals surface area contributed by atoms with Crippen molar-refractivity contribution < 1.29 is 9.47 Å². The number of methoxy groups -OCH3 is 1. The highest BCUT2D eigenvalue weighted by atomic mass is 16.5. The maximum Gasteiger partial charge on any atom is 0.242 e. The number of hydrogen-bond acceptors (Lipinski definition) is 5. The van der Waals surface area contributed by atoms with Crippen molar-refractivity contribution in [2.24, 2.45) is 0 Å². The quantitative estimate of drug-likeness (QED) is 0.891. The van der Waals surface area contributed by atoms with E-state index < -0.39 is 0 Å². The molecule has 0 aliphatic carbocycles. The molecule has 0 aliphatic rings. The van der Waals surface area contributed by atoms with Crippen molar-refractivity contribution in [1.82, 2.24) is 4.98 Å². The summed E-state index contributed by atoms with van der Waals surface area (Å²) in [5, 5.41) is 8.70. The number of ether oxygens (including phenoxy) is 2. The summed E-state index contributed by atoms with van der Waals surface area (Å²) >= 11 is 0. The third-order valence-electron chi connectivity index (χ3n) is 2.28. The van der Waals surface area contributed by atoms with Gasteiger partial charge in [0, 0.05) is 6.20 Å². The minimum atomic E-state index is 0.277. The third kappa shape index (κ3) is 2.50. The molecule has 0 aliphatic heterocycles. The fraction of sp³-hybridized carbons (Fsp3) is 0.0769. The van der Waals surface area contributed by atoms with Crippen molar-refractivity contribution in [2.75, 3.05) is 12.8 Å². The zero-order valence-corrected chi connectivity index (χ0v) is 9.75. The summed E-state index contributed by atoms with van der Waals surface area (Å²) in [4.78, 5) is 3.99. The molecule has 0 bridgehead atoms. The molecule has 0 amide bonds. The van der Waals surface area contributed by atoms with Crippen LogP contribution in [-0.2, 0) is 0 Å². The standard InChI is InChI=1S/C13H11N3O2/c1-17-10-2-4-11(5-3-10)18-13-12(15)6-9(7-14)8-16-13/h2-6,8H,15H2,1H3. The minimum Gasteiger partial charge on any atom is -0.497 e. The lowest BCUT2D eigenvalue weighted by molar-refractivity contribution is 0.412. The summed E-state index contributed by atoms with van der Waals surface area (Å²) in [5.41, 5.74) is 6.46. The molecule has 0 atom stereocenters. The summed E-state index contributed by atoms with van der Waals surface area (Å²) in [5.74, 6) is 1.61. The summed E-state index contributed by atoms with van der Waals surface area (Å²) in [6, 6.07) is 10.5. The van der Waals surface area contributed by atoms with E-state index in [1.54, 1.807) is 31.4 Å². The van der Waals surface area contributed by atoms with Gasteiger partial charge in [0.1, 0.15) is 17.6 Å². The van der Waals surface area contributed by atoms with Crippen LogP contribution in [-0.4, -0.2) is 12.1 Å². The molecular formula is C13H11N3O2. The van der Waals surface area contributed by atoms with Gasteiger partial charge in [-0.25, -0.2) is 4.98 Å². The molecule has 1 heterocycles. The van der Waals surface area contributed by atoms with Crippen molar-refractivity contribution in [3.63, 3.8) is 0 Å². The zero-order chi connectivity index (χ0) is 13.0. The van der Waals surface area contributed by atoms with Gasteiger partial charge in [0.15, 0.2) is 0 Å². The second-order valence-electron chi connectivity index (χ2n) is 3.51. The van der Waals surface area contributed by atoms with Crippen LogP contribution in [0.25, 0.3) is 0 Å². The number of rotatable bonds is 3. The Morgan fingerprint density at radius 2 is 1.89 bits per heavy atom. The molecule has 1 aromatic carbocycles. The average molecular weight is 241 g/mol. The lowest BCUT2D eigenvalue weighted by atomic mass is 10.3. The van der Waals surface area contributed by atoms with Gasteiger partial charge in [-0.2, -0.15) is 5.26 Å². The molecule has 2 N–H and O–H groups in total. The molecule has 0 radical (unpaired) electrons. The topological polar surface area (TPSA) is 81.2 Å². The Hall–Kier alpha value is -2.74. The maximum atomic E-state index is 8.70. The van der Waals surface area contributed by atoms with Crippen molar-refractivity contribution in [3.8, 4) is 23.4 Å². The van der Waals surface area contributed by atoms with Gasteiger partial charge in [0.05, 0.1) is 18.4 Å². The number of nitriles is 1. The largest absolute Gasteiger partial charge is 0.497 e. The number of nitrogens with zero attached hydrogens (tertiary/aromatic N) is 2. The number of nitrogen functional groups attached to an aromatic ring is 1. The van der Waals surface area contributed by atoms with E-state index in [2.05, 4.69) is 4.98 Å². The van der Waals surface area contributed by atoms with Crippen LogP contribution >= 0.6 is 0 Å². The molecule has 0 saturated carbocycles. The van der Waals surface area contributed by atoms with Gasteiger partial charge in [-0.15, -0.1) is 0 Å². The molecular weight excluding hydrogens is 230 g/mol. The molecule has 1 aromatic heterocycles. The highest BCUT2D eigenvalue weighted by Gasteiger charge is 2.05. The summed E-state index contributed by atoms with van der Waals surface area (Å²) in [6.45, 7) is 0. The second kappa shape index (κ2) is 5.06. The number of pyridine rings is 1. The van der Waals surface area contributed by atoms with Crippen molar-refractivity contribution in [1.29, 1.82) is 5.26 Å². The Kier molecular flexibility index (Phi) is 3.30. The molecule has 2 aromatic rings. The molecule has 2 rings (SSSR count). The van der Waals surface area contributed by atoms with Gasteiger partial charge < -0.3 is 15.2 Å². The molecule has 18 heavy (non-hydrogen) atoms. The molecule has 5 heteroatoms. The predicted octanol–water partition coefficient (Wildman–Crippen LogP) is 2.34. The summed E-state index contributed by atoms with van der Waals surface area (Å²) < 4.78 is 10.5. The normalized spacial score (nSPS) is 9.56. The fourth-order valence-electron chi connectivity index (χ4n) is 1.37. The molecule has 0 fully saturated rings. The summed E-state index contributed by atoms with van der Waals surface area (Å²) in [7, 11) is 1.59. The predicted molar refractivity (Wildman–Crippen MR) is 66.4 cm³/mol. The number of hydrogen-bond donors (Lipinski definition) is 1. The Labute approximate surface area is 104 Å². The van der Waals surface area contributed by atoms with Crippen LogP contribution in [0.2, 0.25) is 0 Å². The smallest absolute Gasteiger partial charge is 0.242 e. The highest BCUT2D eigenvalue weighted by Crippen LogP contribution is 2.26. The second-order valence-corrected chi connectivity index (χ2v) is 3.51. The van der Waals surface area contributed by atoms with Gasteiger partial charge in [-0.1, -0.05) is 0 Å². The molecule has 90 valence electrons. The van der Waals surface area contributed by atoms with E-state index in [1.165, 1.54) is 12.3 Å². The van der Waals surface area contributed by atoms with Crippen molar-refractivity contribution in [2.45, 2.75) is 0 Å². The molecule has 5 nitrogen and oxygen atoms in total. The van der Waals surface area contributed by atoms with E-state index in [0.717, 1.165) is 5.75 Å². The first kappa shape index (κ1) is 11.7. The molecule has 0 saturated heterocycles. The van der Waals surface area contributed by atoms with Gasteiger partial charge in [-0.3, -0.25) is 0 Å². The van der Waals surface area contributed by atoms with Gasteiger partial charge in [0.25, 0.3) is 0 Å². The van der Waals surface area contributed by atoms with Gasteiger partial charge in [-0.05, 0) is 30.3 Å². The average Bonchev–Trinajstić information content (AvgIpc) is 2.42. The van der Waals surface area contributed by atoms with Gasteiger partial charge >= 0.3 is 0 Å². The van der Waals surface area contributed by atoms with E-state index in [4.69, 9.17) is 20.5 Å². The van der Waals surface area contributed by atoms with E-state index in [9.17, 15) is 0 Å². The van der Waals surface area contributed by atoms with Gasteiger partial charge in [0.2, 0.25) is 5.88 Å². The van der Waals surface area contributed by atoms with Crippen LogP contribution in [0.15, 0.2) is 36.5 Å². The Morgan fingerprint density at radius 3 is 2.44 bits per heavy atom. The van der Waals surface area contributed by atoms with E-state index >= 15 is 0 Å². The van der Waals surface area contributed by atoms with Crippen LogP contribution in [0.1, 0.15) is 5.56 Å². The van der Waals surface area contributed by atoms with Crippen LogP contribution < -0.4 is 15.2 Å². The first-order valence-electron chi connectivity index (χ1n) is 5.20. The first-order valence-corrected chi connectivity index (χ1v) is 5.20. The van der Waals surface area contributed by atoms with Crippen molar-refractivity contribution >= 4 is 5.69 Å². The number of aromatic nitrogens is 1. The Balaban J connectivity index is 2.20. The maximum absolute atomic E-state index is 8.70. The van der Waals surface area contributed by atoms with Crippen LogP contribution in [0, 0.1) is 11.3 Å². The number of nitrogens with two attached hydrogens (primary N) is 1. The van der Waals surface area contributed by atoms with Crippen molar-refractivity contribution in [3.05, 3.63) is 42.1 Å². The van der Waals surface area contributed by atoms with Crippen LogP contribution in [0.5, 0.6) is 17.4 Å². The lowest BCUT2D eigenvalue weighted by Crippen LogP contribution is -1.96. The van der Waals surface area contributed by atoms with Crippen LogP contribution in [0.3, 0.4) is 0 Å². The zero-order valence-electron chi connectivity index (χ0n) is 9.75. The Bertz CT molecular complexity index is 588.